The van der Waals surface area contributed by atoms with Crippen molar-refractivity contribution in [1.29, 1.82) is 0 Å². The molecule has 0 fully saturated rings. The van der Waals surface area contributed by atoms with Crippen molar-refractivity contribution in [3.63, 3.8) is 0 Å². The van der Waals surface area contributed by atoms with Crippen molar-refractivity contribution in [2.75, 3.05) is 6.61 Å². The second-order valence-corrected chi connectivity index (χ2v) is 6.17. The Hall–Kier alpha value is -3.59. The summed E-state index contributed by atoms with van der Waals surface area (Å²) < 4.78 is 10.7. The van der Waals surface area contributed by atoms with E-state index in [1.807, 2.05) is 66.7 Å². The zero-order valence-corrected chi connectivity index (χ0v) is 15.6. The van der Waals surface area contributed by atoms with E-state index in [2.05, 4.69) is 18.7 Å². The fourth-order valence-corrected chi connectivity index (χ4v) is 2.62. The fraction of sp³-hybridized carbons (Fsp3) is 0.0800. The summed E-state index contributed by atoms with van der Waals surface area (Å²) in [4.78, 5) is 11.9. The third-order valence-electron chi connectivity index (χ3n) is 4.10. The van der Waals surface area contributed by atoms with E-state index in [-0.39, 0.29) is 12.6 Å². The van der Waals surface area contributed by atoms with Crippen LogP contribution in [0, 0.1) is 0 Å². The second kappa shape index (κ2) is 9.93. The molecule has 0 atom stereocenters. The topological polar surface area (TPSA) is 35.5 Å². The van der Waals surface area contributed by atoms with E-state index >= 15 is 0 Å². The van der Waals surface area contributed by atoms with E-state index in [1.165, 1.54) is 6.08 Å². The van der Waals surface area contributed by atoms with Gasteiger partial charge in [0, 0.05) is 6.08 Å². The van der Waals surface area contributed by atoms with Crippen LogP contribution >= 0.6 is 0 Å². The largest absolute Gasteiger partial charge is 0.490 e. The van der Waals surface area contributed by atoms with Crippen LogP contribution in [-0.4, -0.2) is 12.6 Å². The number of rotatable bonds is 8. The lowest BCUT2D eigenvalue weighted by Crippen LogP contribution is -2.00. The Labute approximate surface area is 165 Å². The molecule has 3 nitrogen and oxygen atoms in total. The van der Waals surface area contributed by atoms with Gasteiger partial charge in [0.15, 0.2) is 0 Å². The molecule has 0 bridgehead atoms. The molecule has 0 radical (unpaired) electrons. The zero-order chi connectivity index (χ0) is 19.6. The minimum Gasteiger partial charge on any atom is -0.490 e. The van der Waals surface area contributed by atoms with Crippen LogP contribution in [0.3, 0.4) is 0 Å². The Morgan fingerprint density at radius 2 is 1.54 bits per heavy atom. The molecule has 0 spiro atoms. The fourth-order valence-electron chi connectivity index (χ4n) is 2.62. The third-order valence-corrected chi connectivity index (χ3v) is 4.10. The average Bonchev–Trinajstić information content (AvgIpc) is 2.76. The molecule has 0 saturated heterocycles. The van der Waals surface area contributed by atoms with Crippen molar-refractivity contribution in [1.82, 2.24) is 0 Å². The van der Waals surface area contributed by atoms with Crippen LogP contribution in [0.25, 0.3) is 17.2 Å². The smallest absolute Gasteiger partial charge is 0.331 e. The Bertz CT molecular complexity index is 924. The summed E-state index contributed by atoms with van der Waals surface area (Å²) in [5.41, 5.74) is 4.14. The summed E-state index contributed by atoms with van der Waals surface area (Å²) >= 11 is 0. The molecule has 3 aromatic rings. The highest BCUT2D eigenvalue weighted by Crippen LogP contribution is 2.19. The van der Waals surface area contributed by atoms with E-state index in [4.69, 9.17) is 9.47 Å². The van der Waals surface area contributed by atoms with Crippen molar-refractivity contribution in [3.8, 4) is 16.9 Å². The van der Waals surface area contributed by atoms with Crippen molar-refractivity contribution in [2.45, 2.75) is 6.61 Å². The molecule has 0 aromatic heterocycles. The first-order chi connectivity index (χ1) is 13.7. The number of carbonyl (C=O) groups excluding carboxylic acids is 1. The number of hydrogen-bond donors (Lipinski definition) is 0. The Morgan fingerprint density at radius 1 is 0.857 bits per heavy atom. The highest BCUT2D eigenvalue weighted by molar-refractivity contribution is 5.87. The summed E-state index contributed by atoms with van der Waals surface area (Å²) in [6.45, 7) is 4.32. The number of ether oxygens (including phenoxy) is 2. The van der Waals surface area contributed by atoms with Gasteiger partial charge in [0.2, 0.25) is 0 Å². The van der Waals surface area contributed by atoms with Gasteiger partial charge in [-0.1, -0.05) is 79.4 Å². The summed E-state index contributed by atoms with van der Waals surface area (Å²) in [6.07, 6.45) is 4.84. The number of carbonyl (C=O) groups is 1. The van der Waals surface area contributed by atoms with Crippen molar-refractivity contribution in [2.24, 2.45) is 0 Å². The molecule has 28 heavy (non-hydrogen) atoms. The number of hydrogen-bond acceptors (Lipinski definition) is 3. The molecule has 3 heteroatoms. The quantitative estimate of drug-likeness (QED) is 0.291. The van der Waals surface area contributed by atoms with Gasteiger partial charge >= 0.3 is 5.97 Å². The lowest BCUT2D eigenvalue weighted by molar-refractivity contribution is -0.138. The minimum atomic E-state index is -0.376. The van der Waals surface area contributed by atoms with Crippen LogP contribution < -0.4 is 4.74 Å². The van der Waals surface area contributed by atoms with E-state index in [0.29, 0.717) is 6.61 Å². The molecule has 0 aliphatic carbocycles. The molecule has 3 rings (SSSR count). The highest BCUT2D eigenvalue weighted by atomic mass is 16.5. The molecule has 0 amide bonds. The predicted octanol–water partition coefficient (Wildman–Crippen LogP) is 5.68. The summed E-state index contributed by atoms with van der Waals surface area (Å²) in [5.74, 6) is 0.387. The number of benzene rings is 3. The molecular formula is C25H22O3. The summed E-state index contributed by atoms with van der Waals surface area (Å²) in [5, 5.41) is 0. The van der Waals surface area contributed by atoms with Gasteiger partial charge < -0.3 is 9.47 Å². The predicted molar refractivity (Wildman–Crippen MR) is 113 cm³/mol. The minimum absolute atomic E-state index is 0.243. The van der Waals surface area contributed by atoms with Gasteiger partial charge in [-0.2, -0.15) is 0 Å². The highest BCUT2D eigenvalue weighted by Gasteiger charge is 2.01. The third kappa shape index (κ3) is 5.71. The molecule has 0 unspecified atom stereocenters. The van der Waals surface area contributed by atoms with Gasteiger partial charge in [-0.3, -0.25) is 0 Å². The summed E-state index contributed by atoms with van der Waals surface area (Å²) in [7, 11) is 0. The Kier molecular flexibility index (Phi) is 6.80. The van der Waals surface area contributed by atoms with Crippen molar-refractivity contribution in [3.05, 3.63) is 109 Å². The van der Waals surface area contributed by atoms with Gasteiger partial charge in [-0.25, -0.2) is 4.79 Å². The first-order valence-electron chi connectivity index (χ1n) is 9.07. The lowest BCUT2D eigenvalue weighted by Gasteiger charge is -2.05. The van der Waals surface area contributed by atoms with E-state index in [9.17, 15) is 4.79 Å². The van der Waals surface area contributed by atoms with Crippen LogP contribution in [0.2, 0.25) is 0 Å². The van der Waals surface area contributed by atoms with Gasteiger partial charge in [0.1, 0.15) is 19.0 Å². The Balaban J connectivity index is 1.50. The van der Waals surface area contributed by atoms with E-state index < -0.39 is 0 Å². The molecule has 0 heterocycles. The number of esters is 1. The molecule has 0 N–H and O–H groups in total. The molecule has 3 aromatic carbocycles. The maximum atomic E-state index is 11.9. The zero-order valence-electron chi connectivity index (χ0n) is 15.6. The van der Waals surface area contributed by atoms with E-state index in [1.54, 1.807) is 12.2 Å². The monoisotopic (exact) mass is 370 g/mol. The van der Waals surface area contributed by atoms with Gasteiger partial charge in [0.05, 0.1) is 0 Å². The van der Waals surface area contributed by atoms with Crippen LogP contribution in [-0.2, 0) is 16.1 Å². The van der Waals surface area contributed by atoms with Crippen LogP contribution in [0.5, 0.6) is 5.75 Å². The maximum absolute atomic E-state index is 11.9. The van der Waals surface area contributed by atoms with Gasteiger partial charge in [-0.15, -0.1) is 0 Å². The standard InChI is InChI=1S/C25H22O3/c1-2-18-27-24-15-10-20(11-16-24)12-17-25(26)28-19-21-8-13-23(14-9-21)22-6-4-3-5-7-22/h2-17H,1,18-19H2/b17-12+. The van der Waals surface area contributed by atoms with Gasteiger partial charge in [-0.05, 0) is 40.5 Å². The van der Waals surface area contributed by atoms with Crippen LogP contribution in [0.15, 0.2) is 97.6 Å². The van der Waals surface area contributed by atoms with Crippen molar-refractivity contribution >= 4 is 12.0 Å². The van der Waals surface area contributed by atoms with Crippen LogP contribution in [0.4, 0.5) is 0 Å². The molecule has 0 aliphatic heterocycles. The normalized spacial score (nSPS) is 10.6. The Morgan fingerprint density at radius 3 is 2.21 bits per heavy atom. The average molecular weight is 370 g/mol. The second-order valence-electron chi connectivity index (χ2n) is 6.17. The van der Waals surface area contributed by atoms with Crippen molar-refractivity contribution < 1.29 is 14.3 Å². The first kappa shape index (κ1) is 19.2. The first-order valence-corrected chi connectivity index (χ1v) is 9.07. The van der Waals surface area contributed by atoms with E-state index in [0.717, 1.165) is 28.0 Å². The SMILES string of the molecule is C=CCOc1ccc(/C=C/C(=O)OCc2ccc(-c3ccccc3)cc2)cc1. The molecule has 0 saturated carbocycles. The molecule has 140 valence electrons. The lowest BCUT2D eigenvalue weighted by atomic mass is 10.0. The molecular weight excluding hydrogens is 348 g/mol. The van der Waals surface area contributed by atoms with Crippen LogP contribution in [0.1, 0.15) is 11.1 Å². The maximum Gasteiger partial charge on any atom is 0.331 e. The summed E-state index contributed by atoms with van der Waals surface area (Å²) in [6, 6.07) is 25.6. The molecule has 0 aliphatic rings. The van der Waals surface area contributed by atoms with Gasteiger partial charge in [0.25, 0.3) is 0 Å².